The molecule has 2 aliphatic rings. The zero-order valence-electron chi connectivity index (χ0n) is 16.7. The minimum atomic E-state index is -0.250. The van der Waals surface area contributed by atoms with Crippen molar-refractivity contribution in [1.29, 1.82) is 0 Å². The fourth-order valence-corrected chi connectivity index (χ4v) is 4.64. The lowest BCUT2D eigenvalue weighted by atomic mass is 9.92. The molecule has 2 aromatic rings. The first kappa shape index (κ1) is 20.4. The molecule has 1 saturated heterocycles. The lowest BCUT2D eigenvalue weighted by Gasteiger charge is -2.43. The highest BCUT2D eigenvalue weighted by Gasteiger charge is 2.39. The van der Waals surface area contributed by atoms with E-state index in [1.54, 1.807) is 7.11 Å². The molecular weight excluding hydrogens is 354 g/mol. The average Bonchev–Trinajstić information content (AvgIpc) is 3.23. The summed E-state index contributed by atoms with van der Waals surface area (Å²) in [6.07, 6.45) is 9.45. The molecule has 1 saturated carbocycles. The molecule has 0 bridgehead atoms. The zero-order valence-corrected chi connectivity index (χ0v) is 16.7. The molecule has 0 radical (unpaired) electrons. The first-order valence-electron chi connectivity index (χ1n) is 10.2. The maximum absolute atomic E-state index is 8.36. The van der Waals surface area contributed by atoms with E-state index >= 15 is 0 Å². The number of para-hydroxylation sites is 1. The summed E-state index contributed by atoms with van der Waals surface area (Å²) in [4.78, 5) is 16.0. The van der Waals surface area contributed by atoms with Gasteiger partial charge in [-0.05, 0) is 57.0 Å². The molecule has 0 amide bonds. The third kappa shape index (κ3) is 4.55. The van der Waals surface area contributed by atoms with Crippen LogP contribution in [0.3, 0.4) is 0 Å². The third-order valence-electron chi connectivity index (χ3n) is 6.06. The molecule has 1 aromatic heterocycles. The van der Waals surface area contributed by atoms with E-state index in [4.69, 9.17) is 19.6 Å². The number of anilines is 1. The van der Waals surface area contributed by atoms with Gasteiger partial charge in [-0.1, -0.05) is 31.4 Å². The minimum Gasteiger partial charge on any atom is -0.494 e. The van der Waals surface area contributed by atoms with Crippen LogP contribution in [0, 0.1) is 0 Å². The predicted octanol–water partition coefficient (Wildman–Crippen LogP) is 4.15. The fourth-order valence-electron chi connectivity index (χ4n) is 4.64. The number of nitrogens with zero attached hydrogens (tertiary/aromatic N) is 2. The standard InChI is InChI=1S/C21H29N3O.CH2O2/c1-25-18-9-7-8-17-10-11-19(23-20(17)18)22-16-21(12-3-4-13-21)24-14-5-2-6-15-24;2-1-3/h7-11H,2-6,12-16H2,1H3,(H,22,23);1H,(H,2,3). The van der Waals surface area contributed by atoms with Gasteiger partial charge in [0, 0.05) is 17.5 Å². The molecule has 2 fully saturated rings. The number of pyridine rings is 1. The summed E-state index contributed by atoms with van der Waals surface area (Å²) in [5.41, 5.74) is 1.27. The number of nitrogens with one attached hydrogen (secondary N) is 1. The van der Waals surface area contributed by atoms with Crippen LogP contribution in [0.2, 0.25) is 0 Å². The number of likely N-dealkylation sites (tertiary alicyclic amines) is 1. The lowest BCUT2D eigenvalue weighted by Crippen LogP contribution is -2.53. The Balaban J connectivity index is 0.000000706. The fraction of sp³-hybridized carbons (Fsp3) is 0.545. The first-order valence-corrected chi connectivity index (χ1v) is 10.2. The number of carboxylic acid groups (broad SMARTS) is 1. The lowest BCUT2D eigenvalue weighted by molar-refractivity contribution is -0.122. The number of rotatable bonds is 5. The van der Waals surface area contributed by atoms with Crippen LogP contribution in [0.25, 0.3) is 10.9 Å². The Kier molecular flexibility index (Phi) is 7.09. The van der Waals surface area contributed by atoms with E-state index in [0.717, 1.165) is 29.0 Å². The number of carbonyl (C=O) groups is 1. The number of methoxy groups -OCH3 is 1. The van der Waals surface area contributed by atoms with Gasteiger partial charge >= 0.3 is 0 Å². The summed E-state index contributed by atoms with van der Waals surface area (Å²) in [7, 11) is 1.71. The van der Waals surface area contributed by atoms with Crippen molar-refractivity contribution in [3.05, 3.63) is 30.3 Å². The van der Waals surface area contributed by atoms with E-state index in [2.05, 4.69) is 28.4 Å². The number of hydrogen-bond donors (Lipinski definition) is 2. The highest BCUT2D eigenvalue weighted by Crippen LogP contribution is 2.37. The number of aromatic nitrogens is 1. The largest absolute Gasteiger partial charge is 0.494 e. The summed E-state index contributed by atoms with van der Waals surface area (Å²) in [6, 6.07) is 10.3. The first-order chi connectivity index (χ1) is 13.7. The normalized spacial score (nSPS) is 18.9. The Morgan fingerprint density at radius 2 is 1.86 bits per heavy atom. The average molecular weight is 386 g/mol. The molecule has 6 nitrogen and oxygen atoms in total. The molecule has 4 rings (SSSR count). The maximum atomic E-state index is 8.36. The molecule has 1 aliphatic heterocycles. The van der Waals surface area contributed by atoms with Crippen molar-refractivity contribution < 1.29 is 14.6 Å². The zero-order chi connectivity index (χ0) is 19.8. The Hall–Kier alpha value is -2.34. The van der Waals surface area contributed by atoms with Crippen molar-refractivity contribution in [2.75, 3.05) is 32.1 Å². The molecule has 1 aliphatic carbocycles. The van der Waals surface area contributed by atoms with E-state index in [1.807, 2.05) is 12.1 Å². The van der Waals surface area contributed by atoms with Gasteiger partial charge < -0.3 is 15.2 Å². The van der Waals surface area contributed by atoms with Gasteiger partial charge in [-0.3, -0.25) is 9.69 Å². The Bertz CT molecular complexity index is 769. The number of benzene rings is 1. The summed E-state index contributed by atoms with van der Waals surface area (Å²) >= 11 is 0. The second kappa shape index (κ2) is 9.73. The van der Waals surface area contributed by atoms with E-state index in [9.17, 15) is 0 Å². The van der Waals surface area contributed by atoms with E-state index < -0.39 is 0 Å². The van der Waals surface area contributed by atoms with Crippen molar-refractivity contribution in [1.82, 2.24) is 9.88 Å². The van der Waals surface area contributed by atoms with Crippen LogP contribution >= 0.6 is 0 Å². The predicted molar refractivity (Wildman–Crippen MR) is 112 cm³/mol. The van der Waals surface area contributed by atoms with Crippen LogP contribution in [0.15, 0.2) is 30.3 Å². The van der Waals surface area contributed by atoms with E-state index in [-0.39, 0.29) is 6.47 Å². The van der Waals surface area contributed by atoms with Gasteiger partial charge in [-0.25, -0.2) is 4.98 Å². The van der Waals surface area contributed by atoms with Crippen LogP contribution in [0.5, 0.6) is 5.75 Å². The van der Waals surface area contributed by atoms with Gasteiger partial charge in [0.15, 0.2) is 0 Å². The molecule has 0 atom stereocenters. The number of piperidine rings is 1. The molecule has 2 N–H and O–H groups in total. The molecule has 152 valence electrons. The Morgan fingerprint density at radius 3 is 2.54 bits per heavy atom. The van der Waals surface area contributed by atoms with Crippen molar-refractivity contribution >= 4 is 23.2 Å². The Labute approximate surface area is 166 Å². The summed E-state index contributed by atoms with van der Waals surface area (Å²) in [5, 5.41) is 11.7. The van der Waals surface area contributed by atoms with Gasteiger partial charge in [0.1, 0.15) is 17.1 Å². The summed E-state index contributed by atoms with van der Waals surface area (Å²) in [5.74, 6) is 1.80. The molecule has 1 aromatic carbocycles. The Morgan fingerprint density at radius 1 is 1.14 bits per heavy atom. The maximum Gasteiger partial charge on any atom is 0.290 e. The van der Waals surface area contributed by atoms with Gasteiger partial charge in [-0.2, -0.15) is 0 Å². The quantitative estimate of drug-likeness (QED) is 0.753. The monoisotopic (exact) mass is 385 g/mol. The summed E-state index contributed by atoms with van der Waals surface area (Å²) in [6.45, 7) is 3.28. The molecular formula is C22H31N3O3. The van der Waals surface area contributed by atoms with Crippen molar-refractivity contribution in [2.45, 2.75) is 50.5 Å². The van der Waals surface area contributed by atoms with Crippen molar-refractivity contribution in [2.24, 2.45) is 0 Å². The highest BCUT2D eigenvalue weighted by molar-refractivity contribution is 5.85. The van der Waals surface area contributed by atoms with Gasteiger partial charge in [-0.15, -0.1) is 0 Å². The van der Waals surface area contributed by atoms with Gasteiger partial charge in [0.25, 0.3) is 6.47 Å². The van der Waals surface area contributed by atoms with Crippen molar-refractivity contribution in [3.8, 4) is 5.75 Å². The SMILES string of the molecule is COc1cccc2ccc(NCC3(N4CCCCC4)CCCC3)nc12.O=CO. The topological polar surface area (TPSA) is 74.7 Å². The van der Waals surface area contributed by atoms with Crippen LogP contribution in [-0.2, 0) is 4.79 Å². The second-order valence-electron chi connectivity index (χ2n) is 7.67. The number of fused-ring (bicyclic) bond motifs is 1. The summed E-state index contributed by atoms with van der Waals surface area (Å²) < 4.78 is 5.48. The second-order valence-corrected chi connectivity index (χ2v) is 7.67. The van der Waals surface area contributed by atoms with Crippen LogP contribution < -0.4 is 10.1 Å². The number of ether oxygens (including phenoxy) is 1. The number of hydrogen-bond acceptors (Lipinski definition) is 5. The highest BCUT2D eigenvalue weighted by atomic mass is 16.5. The molecule has 0 spiro atoms. The van der Waals surface area contributed by atoms with Crippen LogP contribution in [0.4, 0.5) is 5.82 Å². The van der Waals surface area contributed by atoms with E-state index in [0.29, 0.717) is 5.54 Å². The smallest absolute Gasteiger partial charge is 0.290 e. The third-order valence-corrected chi connectivity index (χ3v) is 6.06. The van der Waals surface area contributed by atoms with Crippen LogP contribution in [-0.4, -0.2) is 53.7 Å². The van der Waals surface area contributed by atoms with Gasteiger partial charge in [0.05, 0.1) is 7.11 Å². The van der Waals surface area contributed by atoms with Gasteiger partial charge in [0.2, 0.25) is 0 Å². The van der Waals surface area contributed by atoms with Crippen molar-refractivity contribution in [3.63, 3.8) is 0 Å². The minimum absolute atomic E-state index is 0.250. The molecule has 2 heterocycles. The molecule has 0 unspecified atom stereocenters. The molecule has 6 heteroatoms. The van der Waals surface area contributed by atoms with Crippen LogP contribution in [0.1, 0.15) is 44.9 Å². The molecule has 28 heavy (non-hydrogen) atoms. The van der Waals surface area contributed by atoms with E-state index in [1.165, 1.54) is 58.0 Å².